The van der Waals surface area contributed by atoms with Crippen molar-refractivity contribution in [1.29, 1.82) is 0 Å². The zero-order chi connectivity index (χ0) is 41.9. The summed E-state index contributed by atoms with van der Waals surface area (Å²) >= 11 is 0. The molecule has 0 aliphatic carbocycles. The second-order valence-electron chi connectivity index (χ2n) is 16.4. The fraction of sp³-hybridized carbons (Fsp3) is 0.700. The Morgan fingerprint density at radius 1 is 0.350 bits per heavy atom. The first-order valence-electron chi connectivity index (χ1n) is 20.0. The normalized spacial score (nSPS) is 46.7. The molecule has 10 aliphatic heterocycles. The van der Waals surface area contributed by atoms with Crippen molar-refractivity contribution >= 4 is 0 Å². The van der Waals surface area contributed by atoms with Crippen molar-refractivity contribution in [2.24, 2.45) is 0 Å². The molecule has 0 radical (unpaired) electrons. The molecule has 60 heavy (non-hydrogen) atoms. The highest BCUT2D eigenvalue weighted by molar-refractivity contribution is 5.24. The highest BCUT2D eigenvalue weighted by Gasteiger charge is 2.64. The van der Waals surface area contributed by atoms with E-state index in [1.165, 1.54) is 0 Å². The molecule has 0 saturated carbocycles. The number of hydrogen-bond acceptors (Lipinski definition) is 20. The molecule has 10 heterocycles. The molecule has 0 aromatic heterocycles. The van der Waals surface area contributed by atoms with E-state index in [9.17, 15) is 40.9 Å². The number of hydrogen-bond donors (Lipinski definition) is 8. The summed E-state index contributed by atoms with van der Waals surface area (Å²) < 4.78 is 74.1. The van der Waals surface area contributed by atoms with Crippen LogP contribution in [0.1, 0.15) is 22.3 Å². The summed E-state index contributed by atoms with van der Waals surface area (Å²) in [5.41, 5.74) is 2.48. The van der Waals surface area contributed by atoms with Crippen LogP contribution < -0.4 is 0 Å². The lowest BCUT2D eigenvalue weighted by Gasteiger charge is -2.55. The highest BCUT2D eigenvalue weighted by atomic mass is 16.8. The van der Waals surface area contributed by atoms with Crippen molar-refractivity contribution in [3.8, 4) is 0 Å². The van der Waals surface area contributed by atoms with Crippen LogP contribution in [0.15, 0.2) is 48.5 Å². The summed E-state index contributed by atoms with van der Waals surface area (Å²) in [6.07, 6.45) is -16.2. The lowest BCUT2D eigenvalue weighted by molar-refractivity contribution is -0.456. The van der Waals surface area contributed by atoms with E-state index in [2.05, 4.69) is 0 Å². The molecule has 8 bridgehead atoms. The summed E-state index contributed by atoms with van der Waals surface area (Å²) in [7, 11) is 0. The Kier molecular flexibility index (Phi) is 12.1. The van der Waals surface area contributed by atoms with Gasteiger partial charge in [-0.15, -0.1) is 0 Å². The van der Waals surface area contributed by atoms with E-state index in [0.29, 0.717) is 22.3 Å². The molecule has 20 nitrogen and oxygen atoms in total. The number of aliphatic hydroxyl groups excluding tert-OH is 8. The molecule has 0 amide bonds. The topological polar surface area (TPSA) is 273 Å². The average Bonchev–Trinajstić information content (AvgIpc) is 3.25. The maximum Gasteiger partial charge on any atom is 0.222 e. The highest BCUT2D eigenvalue weighted by Crippen LogP contribution is 2.43. The van der Waals surface area contributed by atoms with E-state index in [1.54, 1.807) is 48.5 Å². The Labute approximate surface area is 343 Å². The van der Waals surface area contributed by atoms with E-state index in [4.69, 9.17) is 56.8 Å². The quantitative estimate of drug-likeness (QED) is 0.130. The fourth-order valence-electron chi connectivity index (χ4n) is 8.79. The third-order valence-electron chi connectivity index (χ3n) is 12.3. The molecule has 4 spiro atoms. The Hall–Kier alpha value is -2.36. The van der Waals surface area contributed by atoms with Crippen LogP contribution in [0.2, 0.25) is 0 Å². The summed E-state index contributed by atoms with van der Waals surface area (Å²) in [5, 5.41) is 87.4. The minimum absolute atomic E-state index is 0.102. The molecule has 12 rings (SSSR count). The molecule has 6 saturated heterocycles. The van der Waals surface area contributed by atoms with Gasteiger partial charge in [-0.25, -0.2) is 0 Å². The smallest absolute Gasteiger partial charge is 0.222 e. The zero-order valence-electron chi connectivity index (χ0n) is 32.5. The number of rotatable bonds is 0. The Morgan fingerprint density at radius 3 is 0.800 bits per heavy atom. The van der Waals surface area contributed by atoms with Gasteiger partial charge in [0.15, 0.2) is 0 Å². The molecule has 20 heteroatoms. The average molecular weight is 853 g/mol. The van der Waals surface area contributed by atoms with Crippen LogP contribution in [0.3, 0.4) is 0 Å². The minimum atomic E-state index is -1.72. The molecule has 0 unspecified atom stereocenters. The van der Waals surface area contributed by atoms with E-state index in [-0.39, 0.29) is 79.3 Å². The van der Waals surface area contributed by atoms with E-state index in [1.807, 2.05) is 0 Å². The van der Waals surface area contributed by atoms with Crippen LogP contribution in [-0.4, -0.2) is 190 Å². The van der Waals surface area contributed by atoms with Crippen molar-refractivity contribution < 1.29 is 97.7 Å². The molecular formula is C40H52O20. The molecule has 16 atom stereocenters. The van der Waals surface area contributed by atoms with Crippen LogP contribution in [0, 0.1) is 0 Å². The van der Waals surface area contributed by atoms with E-state index in [0.717, 1.165) is 0 Å². The summed E-state index contributed by atoms with van der Waals surface area (Å²) in [5.74, 6) is -6.90. The molecule has 10 aliphatic rings. The van der Waals surface area contributed by atoms with Gasteiger partial charge in [0, 0.05) is 0 Å². The predicted octanol–water partition coefficient (Wildman–Crippen LogP) is -3.17. The van der Waals surface area contributed by atoms with Crippen molar-refractivity contribution in [3.05, 3.63) is 70.8 Å². The SMILES string of the molecule is O[C@@H]1[C@H](O)CO[C@@]23CO[C@]4(CO2)OC[C@@H](O)[C@@H](O)[C@@H]4OCc2cccc(c2)CO[C@H]2[C@H](O)[C@H](O)CO[C@]24CO[C@]2(CO4)OC[C@@H](O)[C@@H](O)[C@@H]2OCc2cccc(c2)CO[C@@H]13. The van der Waals surface area contributed by atoms with Gasteiger partial charge >= 0.3 is 0 Å². The van der Waals surface area contributed by atoms with Crippen molar-refractivity contribution in [1.82, 2.24) is 0 Å². The van der Waals surface area contributed by atoms with Gasteiger partial charge in [0.25, 0.3) is 0 Å². The molecular weight excluding hydrogens is 800 g/mol. The Morgan fingerprint density at radius 2 is 0.583 bits per heavy atom. The summed E-state index contributed by atoms with van der Waals surface area (Å²) in [4.78, 5) is 0. The van der Waals surface area contributed by atoms with Gasteiger partial charge in [0.2, 0.25) is 23.1 Å². The summed E-state index contributed by atoms with van der Waals surface area (Å²) in [6.45, 7) is -3.17. The lowest BCUT2D eigenvalue weighted by atomic mass is 9.92. The van der Waals surface area contributed by atoms with Crippen LogP contribution in [0.4, 0.5) is 0 Å². The third-order valence-corrected chi connectivity index (χ3v) is 12.3. The van der Waals surface area contributed by atoms with Crippen LogP contribution in [-0.2, 0) is 83.3 Å². The number of benzene rings is 2. The second-order valence-corrected chi connectivity index (χ2v) is 16.4. The largest absolute Gasteiger partial charge is 0.388 e. The molecule has 2 aromatic carbocycles. The zero-order valence-corrected chi connectivity index (χ0v) is 32.5. The van der Waals surface area contributed by atoms with Gasteiger partial charge in [-0.05, 0) is 22.3 Å². The predicted molar refractivity (Wildman–Crippen MR) is 194 cm³/mol. The maximum absolute atomic E-state index is 11.2. The first kappa shape index (κ1) is 42.9. The molecule has 6 fully saturated rings. The Balaban J connectivity index is 1.03. The standard InChI is InChI=1S/C40H52O20/c41-25-13-53-37-17-59-39(19-57-37)35(31(47)27(43)15-55-39)51-11-23-5-2-6-24(8-23)12-52-36-32(48)28(44)16-56-40(36)20-58-38(18-60-40)34(30(46)26(42)14-54-38)50-10-22-4-1-3-21(7-22)9-49-33(37)29(25)45/h1-8,25-36,41-48H,9-20H2/t25-,26-,27-,28-,29-,30-,31-,32-,33+,34+,35+,36+,37+,38+,39+,40+/m1/s1. The summed E-state index contributed by atoms with van der Waals surface area (Å²) in [6, 6.07) is 14.1. The fourth-order valence-corrected chi connectivity index (χ4v) is 8.79. The first-order valence-corrected chi connectivity index (χ1v) is 20.0. The van der Waals surface area contributed by atoms with Gasteiger partial charge in [0.05, 0.1) is 52.9 Å². The minimum Gasteiger partial charge on any atom is -0.388 e. The Bertz CT molecular complexity index is 1540. The van der Waals surface area contributed by atoms with Gasteiger partial charge in [-0.1, -0.05) is 48.5 Å². The number of aliphatic hydroxyl groups is 8. The van der Waals surface area contributed by atoms with Crippen molar-refractivity contribution in [2.45, 2.75) is 123 Å². The second kappa shape index (κ2) is 17.0. The lowest BCUT2D eigenvalue weighted by Crippen LogP contribution is -2.73. The van der Waals surface area contributed by atoms with Crippen LogP contribution in [0.5, 0.6) is 0 Å². The number of ether oxygens (including phenoxy) is 12. The molecule has 8 N–H and O–H groups in total. The van der Waals surface area contributed by atoms with Crippen LogP contribution in [0.25, 0.3) is 0 Å². The van der Waals surface area contributed by atoms with E-state index < -0.39 is 96.4 Å². The van der Waals surface area contributed by atoms with Crippen molar-refractivity contribution in [3.63, 3.8) is 0 Å². The van der Waals surface area contributed by atoms with E-state index >= 15 is 0 Å². The van der Waals surface area contributed by atoms with Crippen molar-refractivity contribution in [2.75, 3.05) is 52.9 Å². The third kappa shape index (κ3) is 7.83. The maximum atomic E-state index is 11.2. The first-order chi connectivity index (χ1) is 28.8. The van der Waals surface area contributed by atoms with Crippen LogP contribution >= 0.6 is 0 Å². The van der Waals surface area contributed by atoms with Gasteiger partial charge in [0.1, 0.15) is 99.7 Å². The van der Waals surface area contributed by atoms with Gasteiger partial charge < -0.3 is 97.7 Å². The van der Waals surface area contributed by atoms with Gasteiger partial charge in [-0.3, -0.25) is 0 Å². The van der Waals surface area contributed by atoms with Gasteiger partial charge in [-0.2, -0.15) is 0 Å². The monoisotopic (exact) mass is 852 g/mol. The molecule has 2 aromatic rings. The molecule has 332 valence electrons.